The smallest absolute Gasteiger partial charge is 0.326 e. The van der Waals surface area contributed by atoms with Gasteiger partial charge in [0.05, 0.1) is 24.5 Å². The molecule has 5 atom stereocenters. The highest BCUT2D eigenvalue weighted by molar-refractivity contribution is 6.90. The highest BCUT2D eigenvalue weighted by atomic mass is 28.4. The number of carbonyl (C=O) groups excluding carboxylic acids is 10. The van der Waals surface area contributed by atoms with Gasteiger partial charge in [0, 0.05) is 123 Å². The van der Waals surface area contributed by atoms with Gasteiger partial charge in [0.1, 0.15) is 30.2 Å². The lowest BCUT2D eigenvalue weighted by Crippen LogP contribution is -2.58. The summed E-state index contributed by atoms with van der Waals surface area (Å²) in [7, 11) is -3.79. The second kappa shape index (κ2) is 41.2. The molecule has 544 valence electrons. The molecule has 0 unspecified atom stereocenters. The summed E-state index contributed by atoms with van der Waals surface area (Å²) < 4.78 is 17.2. The summed E-state index contributed by atoms with van der Waals surface area (Å²) in [4.78, 5) is 191. The Labute approximate surface area is 560 Å². The molecule has 1 aliphatic rings. The van der Waals surface area contributed by atoms with Gasteiger partial charge in [-0.05, 0) is 72.3 Å². The Morgan fingerprint density at radius 3 is 1.23 bits per heavy atom. The van der Waals surface area contributed by atoms with Gasteiger partial charge in [0.2, 0.25) is 29.5 Å². The van der Waals surface area contributed by atoms with E-state index in [1.165, 1.54) is 39.0 Å². The number of urea groups is 1. The monoisotopic (exact) mass is 1400 g/mol. The van der Waals surface area contributed by atoms with E-state index in [1.807, 2.05) is 10.6 Å². The van der Waals surface area contributed by atoms with Gasteiger partial charge < -0.3 is 102 Å². The fourth-order valence-electron chi connectivity index (χ4n) is 10.6. The van der Waals surface area contributed by atoms with Gasteiger partial charge in [-0.2, -0.15) is 0 Å². The van der Waals surface area contributed by atoms with Crippen molar-refractivity contribution in [3.05, 3.63) is 29.8 Å². The van der Waals surface area contributed by atoms with E-state index in [0.29, 0.717) is 5.19 Å². The third-order valence-corrected chi connectivity index (χ3v) is 20.9. The third kappa shape index (κ3) is 32.1. The second-order valence-corrected chi connectivity index (χ2v) is 30.2. The number of carbonyl (C=O) groups is 15. The van der Waals surface area contributed by atoms with Crippen LogP contribution in [0.5, 0.6) is 0 Å². The van der Waals surface area contributed by atoms with Crippen molar-refractivity contribution in [2.75, 3.05) is 98.2 Å². The summed E-state index contributed by atoms with van der Waals surface area (Å²) in [6, 6.07) is -3.64. The van der Waals surface area contributed by atoms with Crippen LogP contribution < -0.4 is 63.0 Å². The van der Waals surface area contributed by atoms with Crippen LogP contribution >= 0.6 is 0 Å². The number of rotatable bonds is 40. The van der Waals surface area contributed by atoms with Gasteiger partial charge in [-0.15, -0.1) is 0 Å². The van der Waals surface area contributed by atoms with Crippen LogP contribution in [0.25, 0.3) is 0 Å². The number of nitrogens with zero attached hydrogens (tertiary/aromatic N) is 4. The number of unbranched alkanes of at least 4 members (excludes halogenated alkanes) is 1. The van der Waals surface area contributed by atoms with Gasteiger partial charge in [0.25, 0.3) is 14.3 Å². The molecular weight excluding hydrogens is 1300 g/mol. The van der Waals surface area contributed by atoms with Gasteiger partial charge >= 0.3 is 35.9 Å². The molecular formula is C60H92FN12O23Si-3. The van der Waals surface area contributed by atoms with Gasteiger partial charge in [-0.25, -0.2) is 24.0 Å². The molecule has 1 aliphatic heterocycles. The predicted octanol–water partition coefficient (Wildman–Crippen LogP) is -5.95. The topological polar surface area (TPSA) is 536 Å². The van der Waals surface area contributed by atoms with E-state index in [2.05, 4.69) is 31.9 Å². The Balaban J connectivity index is 2.09. The minimum Gasteiger partial charge on any atom is -0.549 e. The van der Waals surface area contributed by atoms with Crippen molar-refractivity contribution >= 4 is 103 Å². The Morgan fingerprint density at radius 1 is 0.443 bits per heavy atom. The first-order valence-electron chi connectivity index (χ1n) is 31.4. The van der Waals surface area contributed by atoms with Crippen molar-refractivity contribution in [3.8, 4) is 0 Å². The maximum Gasteiger partial charge on any atom is 0.326 e. The summed E-state index contributed by atoms with van der Waals surface area (Å²) in [6.07, 6.45) is -3.05. The Bertz CT molecular complexity index is 2870. The molecule has 0 saturated carbocycles. The number of hydrogen-bond donors (Lipinski definition) is 13. The van der Waals surface area contributed by atoms with Crippen LogP contribution in [0.3, 0.4) is 0 Å². The molecule has 0 aliphatic carbocycles. The first-order chi connectivity index (χ1) is 45.2. The standard InChI is InChI=1S/C60H95FN12O23Si/c1-59(2,3)97(61,60(4,5)6)38-14-12-37(13-15-38)52(86)67-43(32-64-47(77)33-70-24-26-71(34-49(80)81)28-30-73(36-51(84)85)31-29-72(27-25-70)35-50(82)83)53(87)66-40(55(90)91)10-7-8-22-62-44(74)19-20-45(75)63-23-9-11-39(54(88)89)65-46(76)18-16-41(56(92)93)68-58(96)69-42(57(94)95)17-21-48(78)79/h12-15,39-43H,7-11,16-36H2,1-6H3,(H,62,74)(H,63,75)(H,64,77)(H,65,76)(H,66,87)(H,67,86)(H,78,79)(H,80,81)(H,82,83)(H,84,85)(H,88,89)(H,90,91)(H,92,93)(H,94,95)(H2,68,69,96)/p-3/t39-,40-,41+,42+,43+/m1/s1. The van der Waals surface area contributed by atoms with Gasteiger partial charge in [-0.1, -0.05) is 53.7 Å². The highest BCUT2D eigenvalue weighted by Gasteiger charge is 2.56. The van der Waals surface area contributed by atoms with Crippen LogP contribution in [0.2, 0.25) is 10.1 Å². The third-order valence-electron chi connectivity index (χ3n) is 15.7. The van der Waals surface area contributed by atoms with E-state index >= 15 is 4.11 Å². The number of hydrogen-bond acceptors (Lipinski definition) is 22. The molecule has 0 aromatic heterocycles. The van der Waals surface area contributed by atoms with E-state index in [1.54, 1.807) is 46.4 Å². The molecule has 2 rings (SSSR count). The fourth-order valence-corrected chi connectivity index (χ4v) is 15.2. The van der Waals surface area contributed by atoms with E-state index < -0.39 is 196 Å². The molecule has 1 heterocycles. The number of carboxylic acid groups (broad SMARTS) is 8. The van der Waals surface area contributed by atoms with Crippen molar-refractivity contribution in [2.45, 2.75) is 152 Å². The van der Waals surface area contributed by atoms with Gasteiger partial charge in [0.15, 0.2) is 0 Å². The van der Waals surface area contributed by atoms with Crippen molar-refractivity contribution < 1.29 is 117 Å². The molecule has 13 N–H and O–H groups in total. The Kier molecular flexibility index (Phi) is 35.8. The summed E-state index contributed by atoms with van der Waals surface area (Å²) in [5.41, 5.74) is -0.00875. The molecule has 0 bridgehead atoms. The zero-order valence-corrected chi connectivity index (χ0v) is 56.3. The minimum atomic E-state index is -3.79. The molecule has 97 heavy (non-hydrogen) atoms. The first kappa shape index (κ1) is 84.1. The van der Waals surface area contributed by atoms with Gasteiger partial charge in [-0.3, -0.25) is 53.2 Å². The highest BCUT2D eigenvalue weighted by Crippen LogP contribution is 2.51. The van der Waals surface area contributed by atoms with E-state index in [0.717, 1.165) is 0 Å². The Morgan fingerprint density at radius 2 is 0.825 bits per heavy atom. The maximum absolute atomic E-state index is 17.2. The number of nitrogens with one attached hydrogen (secondary N) is 8. The molecule has 8 amide bonds. The summed E-state index contributed by atoms with van der Waals surface area (Å²) >= 11 is 0. The average Bonchev–Trinajstić information content (AvgIpc) is 0.749. The lowest BCUT2D eigenvalue weighted by molar-refractivity contribution is -0.308. The number of amides is 8. The molecule has 1 aromatic carbocycles. The zero-order chi connectivity index (χ0) is 73.4. The lowest BCUT2D eigenvalue weighted by atomic mass is 10.1. The van der Waals surface area contributed by atoms with Crippen molar-refractivity contribution in [1.29, 1.82) is 0 Å². The van der Waals surface area contributed by atoms with Crippen LogP contribution in [0.1, 0.15) is 123 Å². The van der Waals surface area contributed by atoms with Crippen LogP contribution in [0.4, 0.5) is 8.90 Å². The van der Waals surface area contributed by atoms with Crippen molar-refractivity contribution in [2.24, 2.45) is 0 Å². The normalized spacial score (nSPS) is 15.5. The quantitative estimate of drug-likeness (QED) is 0.0165. The SMILES string of the molecule is CC(C)(C)[Si](F)(c1ccc(C(=O)N[C@@H](CNC(=O)CN2CCN(CC(=O)[O-])CCN(CC(=O)[O-])CCN(CC(=O)[O-])CC2)C(=O)N[C@H](CCCCNC(=O)CCC(=O)NCCC[C@@H](NC(=O)CC[C@H](NC(=O)N[C@@H](CCC(=O)O)C(=O)O)C(=O)O)C(=O)O)C(=O)O)cc1)C(C)(C)C. The van der Waals surface area contributed by atoms with Crippen LogP contribution in [0, 0.1) is 0 Å². The molecule has 1 aromatic rings. The number of benzene rings is 1. The first-order valence-corrected chi connectivity index (χ1v) is 33.3. The van der Waals surface area contributed by atoms with Crippen LogP contribution in [-0.2, 0) is 62.3 Å². The summed E-state index contributed by atoms with van der Waals surface area (Å²) in [6.45, 7) is 8.26. The average molecular weight is 1400 g/mol. The molecule has 1 fully saturated rings. The molecule has 1 saturated heterocycles. The molecule has 37 heteroatoms. The Hall–Kier alpha value is -8.94. The van der Waals surface area contributed by atoms with Crippen molar-refractivity contribution in [3.63, 3.8) is 0 Å². The zero-order valence-electron chi connectivity index (χ0n) is 55.3. The number of halogens is 1. The van der Waals surface area contributed by atoms with E-state index in [4.69, 9.17) is 5.11 Å². The molecule has 0 spiro atoms. The van der Waals surface area contributed by atoms with Crippen LogP contribution in [0.15, 0.2) is 24.3 Å². The van der Waals surface area contributed by atoms with E-state index in [9.17, 15) is 108 Å². The van der Waals surface area contributed by atoms with E-state index in [-0.39, 0.29) is 116 Å². The summed E-state index contributed by atoms with van der Waals surface area (Å²) in [5, 5.41) is 99.8. The predicted molar refractivity (Wildman–Crippen MR) is 336 cm³/mol. The molecule has 0 radical (unpaired) electrons. The minimum absolute atomic E-state index is 0.000188. The molecule has 35 nitrogen and oxygen atoms in total. The fraction of sp³-hybridized carbons (Fsp3) is 0.650. The lowest BCUT2D eigenvalue weighted by Gasteiger charge is -2.44. The number of carboxylic acids is 8. The number of aliphatic carboxylic acids is 8. The maximum atomic E-state index is 17.2. The largest absolute Gasteiger partial charge is 0.549 e. The summed E-state index contributed by atoms with van der Waals surface area (Å²) in [5.74, 6) is -16.5. The van der Waals surface area contributed by atoms with Crippen LogP contribution in [-0.4, -0.2) is 271 Å². The van der Waals surface area contributed by atoms with Crippen molar-refractivity contribution in [1.82, 2.24) is 62.1 Å². The second-order valence-electron chi connectivity index (χ2n) is 25.4.